The molecule has 0 bridgehead atoms. The van der Waals surface area contributed by atoms with E-state index in [0.29, 0.717) is 5.56 Å². The van der Waals surface area contributed by atoms with E-state index in [2.05, 4.69) is 4.98 Å². The van der Waals surface area contributed by atoms with Crippen LogP contribution in [0.15, 0.2) is 41.3 Å². The van der Waals surface area contributed by atoms with Gasteiger partial charge in [-0.2, -0.15) is 0 Å². The molecule has 2 aromatic rings. The SMILES string of the molecule is O=c1ccc(-c2cc(F)ccc2F)c[nH]1. The van der Waals surface area contributed by atoms with Gasteiger partial charge in [0.15, 0.2) is 0 Å². The molecule has 4 heteroatoms. The van der Waals surface area contributed by atoms with E-state index < -0.39 is 11.6 Å². The lowest BCUT2D eigenvalue weighted by Gasteiger charge is -2.02. The van der Waals surface area contributed by atoms with Crippen molar-refractivity contribution in [1.29, 1.82) is 0 Å². The molecule has 0 radical (unpaired) electrons. The fraction of sp³-hybridized carbons (Fsp3) is 0. The molecule has 0 saturated carbocycles. The molecule has 0 fully saturated rings. The minimum absolute atomic E-state index is 0.131. The number of pyridine rings is 1. The third-order valence-corrected chi connectivity index (χ3v) is 2.02. The molecular formula is C11H7F2NO. The third-order valence-electron chi connectivity index (χ3n) is 2.02. The van der Waals surface area contributed by atoms with Crippen LogP contribution in [0.3, 0.4) is 0 Å². The van der Waals surface area contributed by atoms with Gasteiger partial charge in [-0.25, -0.2) is 8.78 Å². The van der Waals surface area contributed by atoms with E-state index in [0.717, 1.165) is 18.2 Å². The molecular weight excluding hydrogens is 200 g/mol. The average molecular weight is 207 g/mol. The largest absolute Gasteiger partial charge is 0.328 e. The number of aromatic amines is 1. The van der Waals surface area contributed by atoms with Crippen LogP contribution in [0.1, 0.15) is 0 Å². The minimum atomic E-state index is -0.525. The molecule has 76 valence electrons. The van der Waals surface area contributed by atoms with Crippen LogP contribution in [0, 0.1) is 11.6 Å². The van der Waals surface area contributed by atoms with Crippen LogP contribution in [0.2, 0.25) is 0 Å². The predicted octanol–water partition coefficient (Wildman–Crippen LogP) is 2.32. The second kappa shape index (κ2) is 3.65. The quantitative estimate of drug-likeness (QED) is 0.764. The van der Waals surface area contributed by atoms with Gasteiger partial charge >= 0.3 is 0 Å². The third kappa shape index (κ3) is 1.93. The Morgan fingerprint density at radius 2 is 1.87 bits per heavy atom. The van der Waals surface area contributed by atoms with Crippen LogP contribution >= 0.6 is 0 Å². The van der Waals surface area contributed by atoms with E-state index >= 15 is 0 Å². The van der Waals surface area contributed by atoms with Crippen molar-refractivity contribution in [3.63, 3.8) is 0 Å². The summed E-state index contributed by atoms with van der Waals surface area (Å²) >= 11 is 0. The van der Waals surface area contributed by atoms with E-state index in [1.165, 1.54) is 18.3 Å². The number of nitrogens with one attached hydrogen (secondary N) is 1. The molecule has 1 N–H and O–H groups in total. The van der Waals surface area contributed by atoms with Crippen LogP contribution in [0.25, 0.3) is 11.1 Å². The molecule has 0 amide bonds. The maximum atomic E-state index is 13.3. The van der Waals surface area contributed by atoms with Crippen molar-refractivity contribution >= 4 is 0 Å². The lowest BCUT2D eigenvalue weighted by molar-refractivity contribution is 0.603. The summed E-state index contributed by atoms with van der Waals surface area (Å²) in [6, 6.07) is 5.89. The van der Waals surface area contributed by atoms with Gasteiger partial charge in [0.1, 0.15) is 11.6 Å². The number of rotatable bonds is 1. The normalized spacial score (nSPS) is 10.3. The highest BCUT2D eigenvalue weighted by molar-refractivity contribution is 5.62. The summed E-state index contributed by atoms with van der Waals surface area (Å²) in [4.78, 5) is 13.2. The van der Waals surface area contributed by atoms with Crippen molar-refractivity contribution in [2.75, 3.05) is 0 Å². The summed E-state index contributed by atoms with van der Waals surface area (Å²) in [5.74, 6) is -1.04. The molecule has 0 aliphatic rings. The zero-order chi connectivity index (χ0) is 10.8. The number of H-pyrrole nitrogens is 1. The van der Waals surface area contributed by atoms with Crippen LogP contribution in [-0.2, 0) is 0 Å². The van der Waals surface area contributed by atoms with Crippen molar-refractivity contribution in [3.05, 3.63) is 58.5 Å². The predicted molar refractivity (Wildman–Crippen MR) is 52.4 cm³/mol. The molecule has 2 nitrogen and oxygen atoms in total. The van der Waals surface area contributed by atoms with Crippen LogP contribution in [0.4, 0.5) is 8.78 Å². The van der Waals surface area contributed by atoms with E-state index in [1.807, 2.05) is 0 Å². The Balaban J connectivity index is 2.58. The Hall–Kier alpha value is -1.97. The molecule has 0 spiro atoms. The molecule has 0 atom stereocenters. The Bertz CT molecular complexity index is 528. The van der Waals surface area contributed by atoms with Gasteiger partial charge in [0.2, 0.25) is 5.56 Å². The fourth-order valence-electron chi connectivity index (χ4n) is 1.30. The number of aromatic nitrogens is 1. The fourth-order valence-corrected chi connectivity index (χ4v) is 1.30. The molecule has 1 aromatic heterocycles. The number of halogens is 2. The van der Waals surface area contributed by atoms with Gasteiger partial charge in [-0.05, 0) is 24.3 Å². The zero-order valence-electron chi connectivity index (χ0n) is 7.63. The van der Waals surface area contributed by atoms with E-state index in [-0.39, 0.29) is 11.1 Å². The summed E-state index contributed by atoms with van der Waals surface area (Å²) in [6.07, 6.45) is 1.35. The number of hydrogen-bond acceptors (Lipinski definition) is 1. The van der Waals surface area contributed by atoms with Gasteiger partial charge in [0, 0.05) is 23.4 Å². The summed E-state index contributed by atoms with van der Waals surface area (Å²) in [5.41, 5.74) is 0.286. The van der Waals surface area contributed by atoms with Gasteiger partial charge in [-0.1, -0.05) is 0 Å². The van der Waals surface area contributed by atoms with Gasteiger partial charge in [-0.3, -0.25) is 4.79 Å². The Kier molecular flexibility index (Phi) is 2.33. The van der Waals surface area contributed by atoms with Crippen LogP contribution in [-0.4, -0.2) is 4.98 Å². The van der Waals surface area contributed by atoms with Gasteiger partial charge in [-0.15, -0.1) is 0 Å². The van der Waals surface area contributed by atoms with Crippen LogP contribution < -0.4 is 5.56 Å². The second-order valence-corrected chi connectivity index (χ2v) is 3.07. The first-order chi connectivity index (χ1) is 7.16. The van der Waals surface area contributed by atoms with Crippen molar-refractivity contribution in [1.82, 2.24) is 4.98 Å². The summed E-state index contributed by atoms with van der Waals surface area (Å²) in [7, 11) is 0. The summed E-state index contributed by atoms with van der Waals surface area (Å²) in [5, 5.41) is 0. The van der Waals surface area contributed by atoms with E-state index in [4.69, 9.17) is 0 Å². The van der Waals surface area contributed by atoms with Gasteiger partial charge in [0.25, 0.3) is 0 Å². The highest BCUT2D eigenvalue weighted by Crippen LogP contribution is 2.21. The standard InChI is InChI=1S/C11H7F2NO/c12-8-2-3-10(13)9(5-8)7-1-4-11(15)14-6-7/h1-6H,(H,14,15). The zero-order valence-corrected chi connectivity index (χ0v) is 7.63. The number of benzene rings is 1. The molecule has 15 heavy (non-hydrogen) atoms. The second-order valence-electron chi connectivity index (χ2n) is 3.07. The molecule has 0 aliphatic carbocycles. The maximum absolute atomic E-state index is 13.3. The first-order valence-corrected chi connectivity index (χ1v) is 4.31. The highest BCUT2D eigenvalue weighted by Gasteiger charge is 2.05. The number of hydrogen-bond donors (Lipinski definition) is 1. The molecule has 1 aromatic carbocycles. The maximum Gasteiger partial charge on any atom is 0.247 e. The Morgan fingerprint density at radius 1 is 1.07 bits per heavy atom. The van der Waals surface area contributed by atoms with Crippen molar-refractivity contribution in [2.24, 2.45) is 0 Å². The monoisotopic (exact) mass is 207 g/mol. The first-order valence-electron chi connectivity index (χ1n) is 4.31. The lowest BCUT2D eigenvalue weighted by atomic mass is 10.1. The topological polar surface area (TPSA) is 32.9 Å². The molecule has 0 saturated heterocycles. The average Bonchev–Trinajstić information content (AvgIpc) is 2.23. The van der Waals surface area contributed by atoms with E-state index in [9.17, 15) is 13.6 Å². The molecule has 1 heterocycles. The smallest absolute Gasteiger partial charge is 0.247 e. The van der Waals surface area contributed by atoms with E-state index in [1.54, 1.807) is 0 Å². The lowest BCUT2D eigenvalue weighted by Crippen LogP contribution is -2.01. The Morgan fingerprint density at radius 3 is 2.53 bits per heavy atom. The Labute approximate surface area is 84.2 Å². The van der Waals surface area contributed by atoms with Crippen molar-refractivity contribution in [2.45, 2.75) is 0 Å². The highest BCUT2D eigenvalue weighted by atomic mass is 19.1. The van der Waals surface area contributed by atoms with Crippen molar-refractivity contribution < 1.29 is 8.78 Å². The van der Waals surface area contributed by atoms with Gasteiger partial charge < -0.3 is 4.98 Å². The summed E-state index contributed by atoms with van der Waals surface area (Å²) < 4.78 is 26.2. The minimum Gasteiger partial charge on any atom is -0.328 e. The van der Waals surface area contributed by atoms with Crippen molar-refractivity contribution in [3.8, 4) is 11.1 Å². The molecule has 2 rings (SSSR count). The molecule has 0 unspecified atom stereocenters. The van der Waals surface area contributed by atoms with Crippen LogP contribution in [0.5, 0.6) is 0 Å². The van der Waals surface area contributed by atoms with Gasteiger partial charge in [0.05, 0.1) is 0 Å². The molecule has 0 aliphatic heterocycles. The summed E-state index contributed by atoms with van der Waals surface area (Å²) in [6.45, 7) is 0. The first kappa shape index (κ1) is 9.58.